The fraction of sp³-hybridized carbons (Fsp3) is 0.818. The van der Waals surface area contributed by atoms with Gasteiger partial charge < -0.3 is 15.8 Å². The Labute approximate surface area is 95.7 Å². The van der Waals surface area contributed by atoms with E-state index < -0.39 is 5.97 Å². The smallest absolute Gasteiger partial charge is 0.325 e. The SMILES string of the molecule is COC(=O)CNC(=O)CC1(N)CCCCC1. The lowest BCUT2D eigenvalue weighted by molar-refractivity contribution is -0.141. The van der Waals surface area contributed by atoms with Crippen LogP contribution in [0.1, 0.15) is 38.5 Å². The molecule has 92 valence electrons. The van der Waals surface area contributed by atoms with Crippen molar-refractivity contribution in [3.05, 3.63) is 0 Å². The molecule has 0 aromatic rings. The minimum atomic E-state index is -0.442. The Balaban J connectivity index is 2.29. The van der Waals surface area contributed by atoms with Crippen LogP contribution < -0.4 is 11.1 Å². The summed E-state index contributed by atoms with van der Waals surface area (Å²) in [7, 11) is 1.29. The predicted octanol–water partition coefficient (Wildman–Crippen LogP) is 0.327. The van der Waals surface area contributed by atoms with Gasteiger partial charge in [0.2, 0.25) is 5.91 Å². The van der Waals surface area contributed by atoms with Crippen LogP contribution in [-0.2, 0) is 14.3 Å². The largest absolute Gasteiger partial charge is 0.468 e. The van der Waals surface area contributed by atoms with Gasteiger partial charge in [-0.2, -0.15) is 0 Å². The number of carbonyl (C=O) groups excluding carboxylic acids is 2. The van der Waals surface area contributed by atoms with E-state index in [1.807, 2.05) is 0 Å². The highest BCUT2D eigenvalue weighted by Gasteiger charge is 2.29. The van der Waals surface area contributed by atoms with Crippen LogP contribution in [0.4, 0.5) is 0 Å². The fourth-order valence-electron chi connectivity index (χ4n) is 2.06. The quantitative estimate of drug-likeness (QED) is 0.679. The molecule has 16 heavy (non-hydrogen) atoms. The van der Waals surface area contributed by atoms with Crippen LogP contribution in [0.15, 0.2) is 0 Å². The van der Waals surface area contributed by atoms with Crippen molar-refractivity contribution in [3.8, 4) is 0 Å². The molecule has 1 aliphatic rings. The first-order valence-electron chi connectivity index (χ1n) is 5.68. The Bertz CT molecular complexity index is 260. The zero-order valence-electron chi connectivity index (χ0n) is 9.75. The molecule has 3 N–H and O–H groups in total. The molecular formula is C11H20N2O3. The van der Waals surface area contributed by atoms with E-state index in [2.05, 4.69) is 10.1 Å². The Morgan fingerprint density at radius 3 is 2.50 bits per heavy atom. The molecule has 5 nitrogen and oxygen atoms in total. The molecule has 1 aliphatic carbocycles. The maximum atomic E-state index is 11.5. The number of rotatable bonds is 4. The monoisotopic (exact) mass is 228 g/mol. The molecule has 0 aliphatic heterocycles. The van der Waals surface area contributed by atoms with Gasteiger partial charge in [0.25, 0.3) is 0 Å². The van der Waals surface area contributed by atoms with E-state index in [-0.39, 0.29) is 18.0 Å². The van der Waals surface area contributed by atoms with E-state index in [1.165, 1.54) is 13.5 Å². The van der Waals surface area contributed by atoms with E-state index in [4.69, 9.17) is 5.73 Å². The van der Waals surface area contributed by atoms with Crippen molar-refractivity contribution in [2.75, 3.05) is 13.7 Å². The summed E-state index contributed by atoms with van der Waals surface area (Å²) < 4.78 is 4.43. The summed E-state index contributed by atoms with van der Waals surface area (Å²) in [6.07, 6.45) is 5.44. The van der Waals surface area contributed by atoms with E-state index in [0.717, 1.165) is 25.7 Å². The number of ether oxygens (including phenoxy) is 1. The third-order valence-electron chi connectivity index (χ3n) is 3.02. The summed E-state index contributed by atoms with van der Waals surface area (Å²) in [5.74, 6) is -0.613. The summed E-state index contributed by atoms with van der Waals surface area (Å²) in [5, 5.41) is 2.51. The Hall–Kier alpha value is -1.10. The van der Waals surface area contributed by atoms with E-state index in [0.29, 0.717) is 6.42 Å². The molecule has 0 bridgehead atoms. The first-order chi connectivity index (χ1) is 7.56. The summed E-state index contributed by atoms with van der Waals surface area (Å²) in [4.78, 5) is 22.4. The maximum Gasteiger partial charge on any atom is 0.325 e. The molecule has 0 saturated heterocycles. The average molecular weight is 228 g/mol. The van der Waals surface area contributed by atoms with Gasteiger partial charge in [0.05, 0.1) is 7.11 Å². The lowest BCUT2D eigenvalue weighted by Crippen LogP contribution is -2.46. The highest BCUT2D eigenvalue weighted by Crippen LogP contribution is 2.28. The number of methoxy groups -OCH3 is 1. The van der Waals surface area contributed by atoms with Crippen LogP contribution in [0.3, 0.4) is 0 Å². The first kappa shape index (κ1) is 13.0. The maximum absolute atomic E-state index is 11.5. The van der Waals surface area contributed by atoms with Crippen molar-refractivity contribution < 1.29 is 14.3 Å². The van der Waals surface area contributed by atoms with Gasteiger partial charge in [-0.15, -0.1) is 0 Å². The summed E-state index contributed by atoms with van der Waals surface area (Å²) in [5.41, 5.74) is 5.75. The number of nitrogens with one attached hydrogen (secondary N) is 1. The summed E-state index contributed by atoms with van der Waals surface area (Å²) >= 11 is 0. The molecule has 0 aromatic heterocycles. The molecule has 1 fully saturated rings. The molecule has 1 rings (SSSR count). The van der Waals surface area contributed by atoms with Gasteiger partial charge in [-0.05, 0) is 12.8 Å². The number of esters is 1. The molecule has 0 heterocycles. The molecule has 5 heteroatoms. The van der Waals surface area contributed by atoms with Crippen LogP contribution >= 0.6 is 0 Å². The molecule has 0 aromatic carbocycles. The van der Waals surface area contributed by atoms with Crippen molar-refractivity contribution in [3.63, 3.8) is 0 Å². The van der Waals surface area contributed by atoms with Crippen LogP contribution in [0.5, 0.6) is 0 Å². The first-order valence-corrected chi connectivity index (χ1v) is 5.68. The zero-order valence-corrected chi connectivity index (χ0v) is 9.75. The minimum Gasteiger partial charge on any atom is -0.468 e. The Morgan fingerprint density at radius 2 is 1.94 bits per heavy atom. The van der Waals surface area contributed by atoms with Gasteiger partial charge in [0.15, 0.2) is 0 Å². The molecule has 0 spiro atoms. The van der Waals surface area contributed by atoms with Crippen molar-refractivity contribution in [1.29, 1.82) is 0 Å². The summed E-state index contributed by atoms with van der Waals surface area (Å²) in [6.45, 7) is -0.0780. The normalized spacial score (nSPS) is 18.9. The van der Waals surface area contributed by atoms with Crippen LogP contribution in [0.2, 0.25) is 0 Å². The second kappa shape index (κ2) is 5.84. The van der Waals surface area contributed by atoms with Crippen molar-refractivity contribution in [2.24, 2.45) is 5.73 Å². The number of carbonyl (C=O) groups is 2. The average Bonchev–Trinajstić information content (AvgIpc) is 2.26. The predicted molar refractivity (Wildman–Crippen MR) is 59.6 cm³/mol. The number of hydrogen-bond donors (Lipinski definition) is 2. The van der Waals surface area contributed by atoms with Crippen LogP contribution in [-0.4, -0.2) is 31.1 Å². The van der Waals surface area contributed by atoms with E-state index in [1.54, 1.807) is 0 Å². The standard InChI is InChI=1S/C11H20N2O3/c1-16-10(15)8-13-9(14)7-11(12)5-3-2-4-6-11/h2-8,12H2,1H3,(H,13,14). The van der Waals surface area contributed by atoms with Gasteiger partial charge in [-0.3, -0.25) is 9.59 Å². The molecule has 0 unspecified atom stereocenters. The lowest BCUT2D eigenvalue weighted by atomic mass is 9.80. The number of amides is 1. The van der Waals surface area contributed by atoms with Crippen molar-refractivity contribution in [1.82, 2.24) is 5.32 Å². The molecular weight excluding hydrogens is 208 g/mol. The number of nitrogens with two attached hydrogens (primary N) is 1. The molecule has 0 atom stereocenters. The van der Waals surface area contributed by atoms with Gasteiger partial charge >= 0.3 is 5.97 Å². The van der Waals surface area contributed by atoms with Crippen LogP contribution in [0, 0.1) is 0 Å². The van der Waals surface area contributed by atoms with Gasteiger partial charge in [-0.1, -0.05) is 19.3 Å². The minimum absolute atomic E-state index is 0.0780. The molecule has 1 amide bonds. The highest BCUT2D eigenvalue weighted by molar-refractivity contribution is 5.82. The van der Waals surface area contributed by atoms with E-state index in [9.17, 15) is 9.59 Å². The lowest BCUT2D eigenvalue weighted by Gasteiger charge is -2.32. The van der Waals surface area contributed by atoms with Gasteiger partial charge in [-0.25, -0.2) is 0 Å². The molecule has 0 radical (unpaired) electrons. The van der Waals surface area contributed by atoms with Gasteiger partial charge in [0, 0.05) is 12.0 Å². The zero-order chi connectivity index (χ0) is 12.0. The Kier molecular flexibility index (Phi) is 4.73. The fourth-order valence-corrected chi connectivity index (χ4v) is 2.06. The third kappa shape index (κ3) is 4.18. The summed E-state index contributed by atoms with van der Waals surface area (Å²) in [6, 6.07) is 0. The second-order valence-electron chi connectivity index (χ2n) is 4.45. The number of hydrogen-bond acceptors (Lipinski definition) is 4. The Morgan fingerprint density at radius 1 is 1.31 bits per heavy atom. The van der Waals surface area contributed by atoms with Crippen molar-refractivity contribution >= 4 is 11.9 Å². The second-order valence-corrected chi connectivity index (χ2v) is 4.45. The highest BCUT2D eigenvalue weighted by atomic mass is 16.5. The van der Waals surface area contributed by atoms with Crippen LogP contribution in [0.25, 0.3) is 0 Å². The van der Waals surface area contributed by atoms with E-state index >= 15 is 0 Å². The van der Waals surface area contributed by atoms with Gasteiger partial charge in [0.1, 0.15) is 6.54 Å². The topological polar surface area (TPSA) is 81.4 Å². The van der Waals surface area contributed by atoms with Crippen molar-refractivity contribution in [2.45, 2.75) is 44.1 Å². The molecule has 1 saturated carbocycles. The third-order valence-corrected chi connectivity index (χ3v) is 3.02.